The molecule has 16 unspecified atom stereocenters. The van der Waals surface area contributed by atoms with Crippen molar-refractivity contribution in [2.24, 2.45) is 47.3 Å². The maximum atomic E-state index is 7.15. The molecule has 5 aliphatic heterocycles. The molecule has 0 amide bonds. The molecule has 9 aliphatic rings. The minimum Gasteiger partial charge on any atom is -0.378 e. The lowest BCUT2D eigenvalue weighted by Crippen LogP contribution is -2.62. The van der Waals surface area contributed by atoms with Crippen LogP contribution < -0.4 is 42.5 Å². The third kappa shape index (κ3) is 15.4. The number of fused-ring (bicyclic) bond motifs is 20. The summed E-state index contributed by atoms with van der Waals surface area (Å²) in [6, 6.07) is 0. The van der Waals surface area contributed by atoms with Gasteiger partial charge in [-0.15, -0.1) is 0 Å². The maximum absolute atomic E-state index is 7.15. The topological polar surface area (TPSA) is 170 Å². The van der Waals surface area contributed by atoms with Crippen LogP contribution in [0, 0.1) is 47.3 Å². The molecular weight excluding hydrogens is 1010 g/mol. The minimum atomic E-state index is -0.0579. The minimum absolute atomic E-state index is 0.0579. The van der Waals surface area contributed by atoms with Gasteiger partial charge in [0, 0.05) is 100 Å². The molecular formula is C64H120N8O8. The molecule has 0 spiro atoms. The van der Waals surface area contributed by atoms with E-state index in [1.165, 1.54) is 0 Å². The van der Waals surface area contributed by atoms with Crippen molar-refractivity contribution in [3.8, 4) is 0 Å². The molecule has 8 bridgehead atoms. The molecule has 0 radical (unpaired) electrons. The van der Waals surface area contributed by atoms with Crippen LogP contribution in [-0.2, 0) is 37.9 Å². The molecule has 464 valence electrons. The van der Waals surface area contributed by atoms with Gasteiger partial charge in [0.2, 0.25) is 0 Å². The Balaban J connectivity index is 1.17. The van der Waals surface area contributed by atoms with E-state index in [2.05, 4.69) is 97.9 Å². The summed E-state index contributed by atoms with van der Waals surface area (Å²) in [5.74, 6) is 1.32. The summed E-state index contributed by atoms with van der Waals surface area (Å²) in [5.41, 5.74) is 0. The number of unbranched alkanes of at least 4 members (excludes halogenated alkanes) is 8. The van der Waals surface area contributed by atoms with Crippen molar-refractivity contribution in [3.63, 3.8) is 0 Å². The van der Waals surface area contributed by atoms with E-state index in [-0.39, 0.29) is 146 Å². The fourth-order valence-corrected chi connectivity index (χ4v) is 16.6. The van der Waals surface area contributed by atoms with Crippen LogP contribution in [0.4, 0.5) is 0 Å². The summed E-state index contributed by atoms with van der Waals surface area (Å²) in [4.78, 5) is 0. The molecule has 16 atom stereocenters. The van der Waals surface area contributed by atoms with Crippen molar-refractivity contribution >= 4 is 0 Å². The van der Waals surface area contributed by atoms with E-state index in [1.807, 2.05) is 0 Å². The van der Waals surface area contributed by atoms with Gasteiger partial charge in [-0.3, -0.25) is 42.5 Å². The molecule has 4 aliphatic carbocycles. The summed E-state index contributed by atoms with van der Waals surface area (Å²) in [5, 5.41) is 35.5. The van der Waals surface area contributed by atoms with E-state index in [1.54, 1.807) is 0 Å². The van der Waals surface area contributed by atoms with Gasteiger partial charge in [-0.2, -0.15) is 0 Å². The fourth-order valence-electron chi connectivity index (χ4n) is 16.6. The molecule has 0 aromatic rings. The zero-order valence-electron chi connectivity index (χ0n) is 51.7. The van der Waals surface area contributed by atoms with Crippen LogP contribution in [0.3, 0.4) is 0 Å². The zero-order valence-corrected chi connectivity index (χ0v) is 51.7. The molecule has 16 heteroatoms. The lowest BCUT2D eigenvalue weighted by atomic mass is 9.72. The van der Waals surface area contributed by atoms with Crippen LogP contribution in [0.5, 0.6) is 0 Å². The van der Waals surface area contributed by atoms with Crippen molar-refractivity contribution in [2.75, 3.05) is 52.9 Å². The Kier molecular flexibility index (Phi) is 26.3. The van der Waals surface area contributed by atoms with E-state index in [0.717, 1.165) is 207 Å². The fraction of sp³-hybridized carbons (Fsp3) is 1.00. The highest BCUT2D eigenvalue weighted by molar-refractivity contribution is 5.15. The van der Waals surface area contributed by atoms with E-state index in [9.17, 15) is 0 Å². The molecule has 0 aromatic heterocycles. The Hall–Kier alpha value is -0.640. The van der Waals surface area contributed by atoms with Crippen molar-refractivity contribution < 1.29 is 37.9 Å². The second kappa shape index (κ2) is 32.9. The second-order valence-electron chi connectivity index (χ2n) is 26.2. The third-order valence-corrected chi connectivity index (χ3v) is 20.7. The number of hydrogen-bond donors (Lipinski definition) is 8. The Morgan fingerprint density at radius 3 is 0.412 bits per heavy atom. The van der Waals surface area contributed by atoms with Crippen LogP contribution in [0.1, 0.15) is 209 Å². The average Bonchev–Trinajstić information content (AvgIpc) is 4.30. The lowest BCUT2D eigenvalue weighted by molar-refractivity contribution is -0.115. The largest absolute Gasteiger partial charge is 0.378 e. The Labute approximate surface area is 486 Å². The van der Waals surface area contributed by atoms with E-state index in [0.29, 0.717) is 0 Å². The highest BCUT2D eigenvalue weighted by atomic mass is 16.5. The lowest BCUT2D eigenvalue weighted by Gasteiger charge is -2.45. The van der Waals surface area contributed by atoms with Crippen LogP contribution >= 0.6 is 0 Å². The normalized spacial score (nSPS) is 42.3. The van der Waals surface area contributed by atoms with Gasteiger partial charge >= 0.3 is 0 Å². The monoisotopic (exact) mass is 1130 g/mol. The van der Waals surface area contributed by atoms with Crippen molar-refractivity contribution in [3.05, 3.63) is 0 Å². The first-order chi connectivity index (χ1) is 39.4. The molecule has 80 heavy (non-hydrogen) atoms. The number of rotatable bonds is 32. The van der Waals surface area contributed by atoms with Gasteiger partial charge in [-0.1, -0.05) is 107 Å². The number of nitrogens with one attached hydrogen (secondary N) is 8. The quantitative estimate of drug-likeness (QED) is 0.0300. The van der Waals surface area contributed by atoms with E-state index < -0.39 is 0 Å². The van der Waals surface area contributed by atoms with Gasteiger partial charge in [-0.05, 0) is 103 Å². The maximum Gasteiger partial charge on any atom is 0.0654 e. The van der Waals surface area contributed by atoms with Crippen LogP contribution in [0.2, 0.25) is 0 Å². The molecule has 16 nitrogen and oxygen atoms in total. The predicted octanol–water partition coefficient (Wildman–Crippen LogP) is 8.97. The average molecular weight is 1130 g/mol. The zero-order chi connectivity index (χ0) is 55.8. The Bertz CT molecular complexity index is 1380. The van der Waals surface area contributed by atoms with Crippen molar-refractivity contribution in [1.29, 1.82) is 0 Å². The molecule has 0 aromatic carbocycles. The highest BCUT2D eigenvalue weighted by Crippen LogP contribution is 2.49. The van der Waals surface area contributed by atoms with Crippen molar-refractivity contribution in [2.45, 2.75) is 308 Å². The van der Waals surface area contributed by atoms with Gasteiger partial charge in [0.1, 0.15) is 0 Å². The standard InChI is InChI=1S/C64H120N8O8/c1-9-17-33-73-41-25-26-42(74-34-18-10-2)50-49(41)57-65-58(50)70-60-53-45(77-37-21-13-5)29-30-46(78-38-22-14-6)54(53)62(67-60)72-64-56-48(80-40-24-16-8)32-31-47(79-39-23-15-7)55(56)63(68-64)71-61-52-44(76-36-20-12-4)28-27-43(75-35-19-11-3)51(52)59(66-61)69-57/h41-72H,9-40H2,1-8H3. The van der Waals surface area contributed by atoms with Crippen LogP contribution in [0.25, 0.3) is 0 Å². The third-order valence-electron chi connectivity index (χ3n) is 20.7. The number of ether oxygens (including phenoxy) is 8. The molecule has 5 heterocycles. The summed E-state index contributed by atoms with van der Waals surface area (Å²) < 4.78 is 57.2. The SMILES string of the molecule is CCCCOC1CCC(OCCCC)C2C3NC(NC4NC(NC5NC(NC6NC(N3)C3C(OCCCC)CCC(OCCCC)C63)C3C(OCCCC)CCC(OCCCC)C53)C3C(OCCCC)CCC(OCCCC)C43)C12. The first-order valence-electron chi connectivity index (χ1n) is 34.4. The number of hydrogen-bond acceptors (Lipinski definition) is 16. The Morgan fingerprint density at radius 1 is 0.200 bits per heavy atom. The molecule has 5 saturated heterocycles. The van der Waals surface area contributed by atoms with Gasteiger partial charge < -0.3 is 37.9 Å². The molecule has 9 fully saturated rings. The van der Waals surface area contributed by atoms with Crippen LogP contribution in [0.15, 0.2) is 0 Å². The summed E-state index contributed by atoms with van der Waals surface area (Å²) in [6.45, 7) is 24.5. The second-order valence-corrected chi connectivity index (χ2v) is 26.2. The summed E-state index contributed by atoms with van der Waals surface area (Å²) in [6.07, 6.45) is 25.6. The summed E-state index contributed by atoms with van der Waals surface area (Å²) in [7, 11) is 0. The first-order valence-corrected chi connectivity index (χ1v) is 34.4. The summed E-state index contributed by atoms with van der Waals surface area (Å²) >= 11 is 0. The van der Waals surface area contributed by atoms with Gasteiger partial charge in [-0.25, -0.2) is 0 Å². The molecule has 9 rings (SSSR count). The van der Waals surface area contributed by atoms with E-state index in [4.69, 9.17) is 37.9 Å². The predicted molar refractivity (Wildman–Crippen MR) is 317 cm³/mol. The smallest absolute Gasteiger partial charge is 0.0654 e. The van der Waals surface area contributed by atoms with E-state index >= 15 is 0 Å². The van der Waals surface area contributed by atoms with Crippen molar-refractivity contribution in [1.82, 2.24) is 42.5 Å². The highest BCUT2D eigenvalue weighted by Gasteiger charge is 2.63. The van der Waals surface area contributed by atoms with Gasteiger partial charge in [0.05, 0.1) is 98.2 Å². The van der Waals surface area contributed by atoms with Gasteiger partial charge in [0.25, 0.3) is 0 Å². The molecule has 8 N–H and O–H groups in total. The van der Waals surface area contributed by atoms with Crippen LogP contribution in [-0.4, -0.2) is 151 Å². The first kappa shape index (κ1) is 63.9. The Morgan fingerprint density at radius 2 is 0.312 bits per heavy atom. The molecule has 4 saturated carbocycles. The van der Waals surface area contributed by atoms with Gasteiger partial charge in [0.15, 0.2) is 0 Å².